The first kappa shape index (κ1) is 6.30. The second kappa shape index (κ2) is 3.12. The molecular formula is C5H4BrNO2S. The van der Waals surface area contributed by atoms with E-state index in [1.165, 1.54) is 7.11 Å². The van der Waals surface area contributed by atoms with E-state index in [0.717, 1.165) is 11.3 Å². The maximum absolute atomic E-state index is 10.8. The predicted octanol–water partition coefficient (Wildman–Crippen LogP) is 1.69. The van der Waals surface area contributed by atoms with Crippen molar-refractivity contribution in [3.8, 4) is 0 Å². The summed E-state index contributed by atoms with van der Waals surface area (Å²) >= 11 is 4.14. The number of rotatable bonds is 1. The molecule has 1 aromatic rings. The van der Waals surface area contributed by atoms with E-state index in [9.17, 15) is 4.79 Å². The summed E-state index contributed by atoms with van der Waals surface area (Å²) in [6.45, 7) is 0. The van der Waals surface area contributed by atoms with Crippen LogP contribution in [-0.4, -0.2) is 18.1 Å². The van der Waals surface area contributed by atoms with Gasteiger partial charge in [0.05, 0.1) is 8.48 Å². The highest BCUT2D eigenvalue weighted by molar-refractivity contribution is 9.11. The van der Waals surface area contributed by atoms with Crippen molar-refractivity contribution in [1.29, 1.82) is 0 Å². The van der Waals surface area contributed by atoms with Crippen LogP contribution in [0.1, 0.15) is 11.9 Å². The van der Waals surface area contributed by atoms with E-state index in [0.29, 0.717) is 3.92 Å². The van der Waals surface area contributed by atoms with Gasteiger partial charge in [0.2, 0.25) is 0 Å². The van der Waals surface area contributed by atoms with E-state index >= 15 is 0 Å². The molecule has 0 aliphatic heterocycles. The Morgan fingerprint density at radius 3 is 3.20 bits per heavy atom. The Bertz CT molecular complexity index is 288. The molecule has 0 saturated carbocycles. The first-order chi connectivity index (χ1) is 5.15. The van der Waals surface area contributed by atoms with Crippen LogP contribution in [0.5, 0.6) is 0 Å². The molecule has 0 amide bonds. The molecule has 0 aliphatic rings. The molecule has 0 bridgehead atoms. The van der Waals surface area contributed by atoms with Gasteiger partial charge < -0.3 is 4.74 Å². The van der Waals surface area contributed by atoms with Crippen LogP contribution in [-0.2, 0) is 4.74 Å². The fraction of sp³-hybridized carbons (Fsp3) is 0.200. The van der Waals surface area contributed by atoms with Crippen LogP contribution in [0.4, 0.5) is 0 Å². The zero-order valence-corrected chi connectivity index (χ0v) is 7.45. The lowest BCUT2D eigenvalue weighted by Gasteiger charge is -1.89. The second-order valence-corrected chi connectivity index (χ2v) is 3.48. The molecule has 0 aliphatic carbocycles. The summed E-state index contributed by atoms with van der Waals surface area (Å²) < 4.78 is 12.2. The normalized spacial score (nSPS) is 10.8. The zero-order chi connectivity index (χ0) is 8.43. The zero-order valence-electron chi connectivity index (χ0n) is 6.05. The van der Waals surface area contributed by atoms with E-state index in [-0.39, 0.29) is 11.1 Å². The van der Waals surface area contributed by atoms with Crippen molar-refractivity contribution in [2.24, 2.45) is 0 Å². The molecule has 1 rings (SSSR count). The van der Waals surface area contributed by atoms with Crippen molar-refractivity contribution in [3.05, 3.63) is 15.0 Å². The fourth-order valence-corrected chi connectivity index (χ4v) is 1.27. The molecule has 0 N–H and O–H groups in total. The maximum atomic E-state index is 10.8. The molecule has 0 radical (unpaired) electrons. The number of carbonyl (C=O) groups is 1. The Balaban J connectivity index is 3.03. The van der Waals surface area contributed by atoms with Gasteiger partial charge in [-0.15, -0.1) is 11.3 Å². The standard InChI is InChI=1S/C5H4BrNO2S/c1-9-4(8)3-2-10-5(6)7-3/h2H,1H3/i2D. The summed E-state index contributed by atoms with van der Waals surface area (Å²) in [5.41, 5.74) is 0.0596. The van der Waals surface area contributed by atoms with E-state index in [1.54, 1.807) is 0 Å². The minimum atomic E-state index is -0.572. The number of esters is 1. The van der Waals surface area contributed by atoms with Crippen LogP contribution in [0.2, 0.25) is 0 Å². The highest BCUT2D eigenvalue weighted by atomic mass is 79.9. The van der Waals surface area contributed by atoms with Crippen LogP contribution in [0, 0.1) is 0 Å². The summed E-state index contributed by atoms with van der Waals surface area (Å²) in [4.78, 5) is 14.6. The van der Waals surface area contributed by atoms with Gasteiger partial charge in [-0.2, -0.15) is 0 Å². The van der Waals surface area contributed by atoms with Crippen LogP contribution >= 0.6 is 27.3 Å². The van der Waals surface area contributed by atoms with Gasteiger partial charge in [-0.05, 0) is 15.9 Å². The molecule has 1 aromatic heterocycles. The van der Waals surface area contributed by atoms with Crippen molar-refractivity contribution < 1.29 is 10.9 Å². The molecule has 1 heterocycles. The third kappa shape index (κ3) is 1.54. The lowest BCUT2D eigenvalue weighted by molar-refractivity contribution is 0.0595. The Hall–Kier alpha value is -0.420. The number of halogens is 1. The lowest BCUT2D eigenvalue weighted by Crippen LogP contribution is -2.00. The highest BCUT2D eigenvalue weighted by Gasteiger charge is 2.08. The number of hydrogen-bond acceptors (Lipinski definition) is 4. The average molecular weight is 223 g/mol. The SMILES string of the molecule is [2H]c1sc(Br)nc1C(=O)OC. The van der Waals surface area contributed by atoms with Crippen molar-refractivity contribution in [1.82, 2.24) is 4.98 Å². The van der Waals surface area contributed by atoms with Crippen molar-refractivity contribution >= 4 is 33.2 Å². The summed E-state index contributed by atoms with van der Waals surface area (Å²) in [6.07, 6.45) is 0. The van der Waals surface area contributed by atoms with Gasteiger partial charge in [0.15, 0.2) is 9.61 Å². The van der Waals surface area contributed by atoms with Gasteiger partial charge in [0.25, 0.3) is 0 Å². The summed E-state index contributed by atoms with van der Waals surface area (Å²) in [6, 6.07) is 0. The molecule has 54 valence electrons. The number of carbonyl (C=O) groups excluding carboxylic acids is 1. The molecular weight excluding hydrogens is 218 g/mol. The first-order valence-electron chi connectivity index (χ1n) is 2.86. The van der Waals surface area contributed by atoms with Gasteiger partial charge in [0, 0.05) is 5.36 Å². The minimum Gasteiger partial charge on any atom is -0.464 e. The molecule has 3 nitrogen and oxygen atoms in total. The first-order valence-corrected chi connectivity index (χ1v) is 3.97. The second-order valence-electron chi connectivity index (χ2n) is 1.41. The van der Waals surface area contributed by atoms with Crippen molar-refractivity contribution in [2.45, 2.75) is 0 Å². The van der Waals surface area contributed by atoms with Crippen LogP contribution in [0.15, 0.2) is 9.27 Å². The molecule has 10 heavy (non-hydrogen) atoms. The molecule has 5 heteroatoms. The van der Waals surface area contributed by atoms with E-state index < -0.39 is 5.97 Å². The van der Waals surface area contributed by atoms with Crippen LogP contribution in [0.3, 0.4) is 0 Å². The molecule has 0 spiro atoms. The van der Waals surface area contributed by atoms with Gasteiger partial charge in [-0.1, -0.05) is 0 Å². The Kier molecular flexibility index (Phi) is 1.96. The number of thiazole rings is 1. The van der Waals surface area contributed by atoms with Crippen LogP contribution in [0.25, 0.3) is 0 Å². The topological polar surface area (TPSA) is 39.2 Å². The fourth-order valence-electron chi connectivity index (χ4n) is 0.408. The third-order valence-electron chi connectivity index (χ3n) is 0.810. The van der Waals surface area contributed by atoms with Crippen molar-refractivity contribution in [3.63, 3.8) is 0 Å². The third-order valence-corrected chi connectivity index (χ3v) is 2.03. The highest BCUT2D eigenvalue weighted by Crippen LogP contribution is 2.15. The van der Waals surface area contributed by atoms with Gasteiger partial charge in [0.1, 0.15) is 0 Å². The smallest absolute Gasteiger partial charge is 0.357 e. The Morgan fingerprint density at radius 2 is 2.80 bits per heavy atom. The summed E-state index contributed by atoms with van der Waals surface area (Å²) in [5.74, 6) is -0.572. The number of aromatic nitrogens is 1. The predicted molar refractivity (Wildman–Crippen MR) is 41.2 cm³/mol. The quantitative estimate of drug-likeness (QED) is 0.680. The molecule has 0 saturated heterocycles. The summed E-state index contributed by atoms with van der Waals surface area (Å²) in [7, 11) is 1.26. The van der Waals surface area contributed by atoms with E-state index in [2.05, 4.69) is 25.7 Å². The van der Waals surface area contributed by atoms with Gasteiger partial charge >= 0.3 is 5.97 Å². The largest absolute Gasteiger partial charge is 0.464 e. The molecule has 0 fully saturated rings. The Labute approximate surface area is 71.6 Å². The number of ether oxygens (including phenoxy) is 1. The maximum Gasteiger partial charge on any atom is 0.357 e. The number of nitrogens with zero attached hydrogens (tertiary/aromatic N) is 1. The Morgan fingerprint density at radius 1 is 2.10 bits per heavy atom. The number of methoxy groups -OCH3 is 1. The number of hydrogen-bond donors (Lipinski definition) is 0. The minimum absolute atomic E-state index is 0.0596. The van der Waals surface area contributed by atoms with Gasteiger partial charge in [-0.3, -0.25) is 0 Å². The molecule has 0 atom stereocenters. The van der Waals surface area contributed by atoms with Crippen LogP contribution < -0.4 is 0 Å². The van der Waals surface area contributed by atoms with E-state index in [1.807, 2.05) is 0 Å². The molecule has 0 unspecified atom stereocenters. The average Bonchev–Trinajstić information content (AvgIpc) is 2.28. The monoisotopic (exact) mass is 222 g/mol. The van der Waals surface area contributed by atoms with E-state index in [4.69, 9.17) is 1.37 Å². The lowest BCUT2D eigenvalue weighted by atomic mass is 10.5. The van der Waals surface area contributed by atoms with Crippen molar-refractivity contribution in [2.75, 3.05) is 7.11 Å². The van der Waals surface area contributed by atoms with Gasteiger partial charge in [-0.25, -0.2) is 9.78 Å². The molecule has 0 aromatic carbocycles. The summed E-state index contributed by atoms with van der Waals surface area (Å²) in [5, 5.41) is 0.115.